The molecule has 3 heteroatoms. The average molecular weight is 272 g/mol. The van der Waals surface area contributed by atoms with Crippen LogP contribution in [0.3, 0.4) is 0 Å². The molecule has 0 aromatic carbocycles. The van der Waals surface area contributed by atoms with Crippen LogP contribution < -0.4 is 0 Å². The highest BCUT2D eigenvalue weighted by Gasteiger charge is 2.17. The van der Waals surface area contributed by atoms with Crippen LogP contribution >= 0.6 is 0 Å². The van der Waals surface area contributed by atoms with Crippen molar-refractivity contribution in [2.75, 3.05) is 39.4 Å². The lowest BCUT2D eigenvalue weighted by Gasteiger charge is -2.31. The molecular weight excluding hydrogens is 236 g/mol. The van der Waals surface area contributed by atoms with Crippen molar-refractivity contribution in [3.05, 3.63) is 0 Å². The van der Waals surface area contributed by atoms with E-state index in [1.54, 1.807) is 0 Å². The zero-order valence-electron chi connectivity index (χ0n) is 14.1. The van der Waals surface area contributed by atoms with E-state index in [1.165, 1.54) is 12.8 Å². The van der Waals surface area contributed by atoms with Gasteiger partial charge in [0.1, 0.15) is 0 Å². The summed E-state index contributed by atoms with van der Waals surface area (Å²) in [5, 5.41) is 0. The molecular formula is C16H36N2O. The van der Waals surface area contributed by atoms with Gasteiger partial charge in [0, 0.05) is 12.1 Å². The fraction of sp³-hybridized carbons (Fsp3) is 1.00. The molecule has 19 heavy (non-hydrogen) atoms. The van der Waals surface area contributed by atoms with E-state index in [2.05, 4.69) is 51.3 Å². The summed E-state index contributed by atoms with van der Waals surface area (Å²) in [5.74, 6) is 0. The molecule has 0 spiro atoms. The van der Waals surface area contributed by atoms with Crippen LogP contribution in [0.25, 0.3) is 0 Å². The number of likely N-dealkylation sites (N-methyl/N-ethyl adjacent to an activating group) is 2. The quantitative estimate of drug-likeness (QED) is 0.542. The van der Waals surface area contributed by atoms with Gasteiger partial charge in [-0.05, 0) is 39.0 Å². The maximum atomic E-state index is 6.03. The molecule has 0 aromatic heterocycles. The Labute approximate surface area is 121 Å². The van der Waals surface area contributed by atoms with Crippen molar-refractivity contribution in [1.29, 1.82) is 0 Å². The fourth-order valence-electron chi connectivity index (χ4n) is 2.78. The second-order valence-corrected chi connectivity index (χ2v) is 5.10. The molecule has 2 atom stereocenters. The zero-order chi connectivity index (χ0) is 14.7. The highest BCUT2D eigenvalue weighted by atomic mass is 16.5. The van der Waals surface area contributed by atoms with Crippen LogP contribution in [0.4, 0.5) is 0 Å². The molecule has 0 saturated heterocycles. The van der Waals surface area contributed by atoms with Gasteiger partial charge < -0.3 is 4.74 Å². The highest BCUT2D eigenvalue weighted by Crippen LogP contribution is 2.08. The van der Waals surface area contributed by atoms with E-state index in [9.17, 15) is 0 Å². The predicted octanol–water partition coefficient (Wildman–Crippen LogP) is 3.24. The lowest BCUT2D eigenvalue weighted by molar-refractivity contribution is 0.0239. The average Bonchev–Trinajstić information content (AvgIpc) is 2.45. The summed E-state index contributed by atoms with van der Waals surface area (Å²) >= 11 is 0. The molecule has 0 aliphatic heterocycles. The standard InChI is InChI=1S/C16H36N2O/c1-7-15(17(9-3)10-4)13-19-14-16(8-2)18(11-5)12-6/h15-16H,7-14H2,1-6H3. The largest absolute Gasteiger partial charge is 0.378 e. The van der Waals surface area contributed by atoms with Gasteiger partial charge >= 0.3 is 0 Å². The first-order chi connectivity index (χ1) is 9.18. The van der Waals surface area contributed by atoms with Crippen molar-refractivity contribution < 1.29 is 4.74 Å². The molecule has 0 aromatic rings. The third-order valence-electron chi connectivity index (χ3n) is 4.22. The van der Waals surface area contributed by atoms with Crippen LogP contribution in [0, 0.1) is 0 Å². The second-order valence-electron chi connectivity index (χ2n) is 5.10. The van der Waals surface area contributed by atoms with Crippen molar-refractivity contribution >= 4 is 0 Å². The zero-order valence-corrected chi connectivity index (χ0v) is 14.1. The lowest BCUT2D eigenvalue weighted by atomic mass is 10.2. The monoisotopic (exact) mass is 272 g/mol. The van der Waals surface area contributed by atoms with E-state index in [0.29, 0.717) is 12.1 Å². The van der Waals surface area contributed by atoms with E-state index >= 15 is 0 Å². The van der Waals surface area contributed by atoms with Crippen molar-refractivity contribution in [3.63, 3.8) is 0 Å². The molecule has 0 fully saturated rings. The Morgan fingerprint density at radius 1 is 0.632 bits per heavy atom. The maximum absolute atomic E-state index is 6.03. The summed E-state index contributed by atoms with van der Waals surface area (Å²) in [6.07, 6.45) is 2.34. The van der Waals surface area contributed by atoms with E-state index < -0.39 is 0 Å². The summed E-state index contributed by atoms with van der Waals surface area (Å²) in [6, 6.07) is 1.15. The molecule has 0 aliphatic rings. The second kappa shape index (κ2) is 11.7. The number of hydrogen-bond acceptors (Lipinski definition) is 3. The molecule has 0 rings (SSSR count). The first-order valence-electron chi connectivity index (χ1n) is 8.23. The maximum Gasteiger partial charge on any atom is 0.0622 e. The van der Waals surface area contributed by atoms with Gasteiger partial charge in [-0.2, -0.15) is 0 Å². The summed E-state index contributed by atoms with van der Waals surface area (Å²) in [4.78, 5) is 5.00. The minimum Gasteiger partial charge on any atom is -0.378 e. The molecule has 0 radical (unpaired) electrons. The van der Waals surface area contributed by atoms with Gasteiger partial charge in [0.25, 0.3) is 0 Å². The number of hydrogen-bond donors (Lipinski definition) is 0. The number of rotatable bonds is 12. The Balaban J connectivity index is 4.15. The summed E-state index contributed by atoms with van der Waals surface area (Å²) in [7, 11) is 0. The molecule has 0 saturated carbocycles. The van der Waals surface area contributed by atoms with Crippen LogP contribution in [-0.4, -0.2) is 61.3 Å². The van der Waals surface area contributed by atoms with Crippen LogP contribution in [-0.2, 0) is 4.74 Å². The molecule has 0 bridgehead atoms. The minimum absolute atomic E-state index is 0.573. The fourth-order valence-corrected chi connectivity index (χ4v) is 2.78. The SMILES string of the molecule is CCC(COCC(CC)N(CC)CC)N(CC)CC. The summed E-state index contributed by atoms with van der Waals surface area (Å²) in [6.45, 7) is 19.7. The Kier molecular flexibility index (Phi) is 11.6. The Bertz CT molecular complexity index is 171. The Hall–Kier alpha value is -0.120. The van der Waals surface area contributed by atoms with Gasteiger partial charge in [-0.25, -0.2) is 0 Å². The summed E-state index contributed by atoms with van der Waals surface area (Å²) in [5.41, 5.74) is 0. The number of nitrogens with zero attached hydrogens (tertiary/aromatic N) is 2. The predicted molar refractivity (Wildman–Crippen MR) is 84.8 cm³/mol. The van der Waals surface area contributed by atoms with Crippen molar-refractivity contribution in [1.82, 2.24) is 9.80 Å². The molecule has 116 valence electrons. The molecule has 0 aliphatic carbocycles. The minimum atomic E-state index is 0.573. The van der Waals surface area contributed by atoms with Gasteiger partial charge in [-0.3, -0.25) is 9.80 Å². The lowest BCUT2D eigenvalue weighted by Crippen LogP contribution is -2.41. The van der Waals surface area contributed by atoms with Crippen molar-refractivity contribution in [3.8, 4) is 0 Å². The molecule has 0 N–H and O–H groups in total. The Morgan fingerprint density at radius 2 is 0.947 bits per heavy atom. The van der Waals surface area contributed by atoms with Crippen LogP contribution in [0.1, 0.15) is 54.4 Å². The molecule has 0 amide bonds. The highest BCUT2D eigenvalue weighted by molar-refractivity contribution is 4.71. The van der Waals surface area contributed by atoms with Crippen molar-refractivity contribution in [2.24, 2.45) is 0 Å². The van der Waals surface area contributed by atoms with Crippen molar-refractivity contribution in [2.45, 2.75) is 66.5 Å². The first-order valence-corrected chi connectivity index (χ1v) is 8.23. The van der Waals surface area contributed by atoms with Gasteiger partial charge in [0.2, 0.25) is 0 Å². The van der Waals surface area contributed by atoms with E-state index in [4.69, 9.17) is 4.74 Å². The number of ether oxygens (including phenoxy) is 1. The molecule has 2 unspecified atom stereocenters. The summed E-state index contributed by atoms with van der Waals surface area (Å²) < 4.78 is 6.03. The normalized spacial score (nSPS) is 15.2. The molecule has 3 nitrogen and oxygen atoms in total. The van der Waals surface area contributed by atoms with E-state index in [1.807, 2.05) is 0 Å². The van der Waals surface area contributed by atoms with Crippen LogP contribution in [0.2, 0.25) is 0 Å². The van der Waals surface area contributed by atoms with Gasteiger partial charge in [-0.15, -0.1) is 0 Å². The topological polar surface area (TPSA) is 15.7 Å². The van der Waals surface area contributed by atoms with E-state index in [0.717, 1.165) is 39.4 Å². The first kappa shape index (κ1) is 18.9. The van der Waals surface area contributed by atoms with Gasteiger partial charge in [0.15, 0.2) is 0 Å². The van der Waals surface area contributed by atoms with E-state index in [-0.39, 0.29) is 0 Å². The third-order valence-corrected chi connectivity index (χ3v) is 4.22. The van der Waals surface area contributed by atoms with Gasteiger partial charge in [0.05, 0.1) is 13.2 Å². The van der Waals surface area contributed by atoms with Gasteiger partial charge in [-0.1, -0.05) is 41.5 Å². The molecule has 0 heterocycles. The Morgan fingerprint density at radius 3 is 1.16 bits per heavy atom. The van der Waals surface area contributed by atoms with Crippen LogP contribution in [0.5, 0.6) is 0 Å². The smallest absolute Gasteiger partial charge is 0.0622 e. The third kappa shape index (κ3) is 6.73. The van der Waals surface area contributed by atoms with Crippen LogP contribution in [0.15, 0.2) is 0 Å².